The maximum atomic E-state index is 12.3. The van der Waals surface area contributed by atoms with Gasteiger partial charge in [0.2, 0.25) is 5.91 Å². The Morgan fingerprint density at radius 1 is 1.14 bits per heavy atom. The monoisotopic (exact) mass is 454 g/mol. The van der Waals surface area contributed by atoms with Gasteiger partial charge in [-0.3, -0.25) is 4.79 Å². The molecule has 0 aliphatic heterocycles. The highest BCUT2D eigenvalue weighted by molar-refractivity contribution is 9.10. The molecule has 29 heavy (non-hydrogen) atoms. The fourth-order valence-corrected chi connectivity index (χ4v) is 2.74. The van der Waals surface area contributed by atoms with Crippen molar-refractivity contribution >= 4 is 51.5 Å². The van der Waals surface area contributed by atoms with Crippen LogP contribution >= 0.6 is 15.9 Å². The standard InChI is InChI=1S/C21H19BrN4O3/c1-29-21(28)20-18(14-26(25-20)12-11-15-5-3-2-4-6-15)24-19(27)13-23-17-9-7-16(22)8-10-17/h2-12,14,23H,13H2,1H3,(H,24,27). The number of nitrogens with one attached hydrogen (secondary N) is 2. The summed E-state index contributed by atoms with van der Waals surface area (Å²) in [5.41, 5.74) is 2.09. The van der Waals surface area contributed by atoms with E-state index in [1.807, 2.05) is 60.7 Å². The van der Waals surface area contributed by atoms with Crippen LogP contribution in [0, 0.1) is 0 Å². The number of carbonyl (C=O) groups excluding carboxylic acids is 2. The van der Waals surface area contributed by atoms with Gasteiger partial charge in [0.1, 0.15) is 0 Å². The SMILES string of the molecule is COC(=O)c1nn(C=Cc2ccccc2)cc1NC(=O)CNc1ccc(Br)cc1. The second kappa shape index (κ2) is 9.70. The average molecular weight is 455 g/mol. The Balaban J connectivity index is 1.70. The molecule has 1 amide bonds. The number of anilines is 2. The van der Waals surface area contributed by atoms with Crippen molar-refractivity contribution in [3.63, 3.8) is 0 Å². The third-order valence-electron chi connectivity index (χ3n) is 3.90. The smallest absolute Gasteiger partial charge is 0.360 e. The molecule has 0 saturated heterocycles. The summed E-state index contributed by atoms with van der Waals surface area (Å²) >= 11 is 3.36. The van der Waals surface area contributed by atoms with Crippen molar-refractivity contribution < 1.29 is 14.3 Å². The summed E-state index contributed by atoms with van der Waals surface area (Å²) in [5.74, 6) is -0.947. The largest absolute Gasteiger partial charge is 0.464 e. The topological polar surface area (TPSA) is 85.2 Å². The first-order valence-electron chi connectivity index (χ1n) is 8.75. The van der Waals surface area contributed by atoms with Crippen molar-refractivity contribution in [2.24, 2.45) is 0 Å². The van der Waals surface area contributed by atoms with Crippen molar-refractivity contribution in [1.82, 2.24) is 9.78 Å². The number of hydrogen-bond acceptors (Lipinski definition) is 5. The van der Waals surface area contributed by atoms with Crippen LogP contribution in [0.2, 0.25) is 0 Å². The van der Waals surface area contributed by atoms with Gasteiger partial charge in [-0.2, -0.15) is 5.10 Å². The first-order chi connectivity index (χ1) is 14.0. The molecule has 7 nitrogen and oxygen atoms in total. The van der Waals surface area contributed by atoms with Crippen LogP contribution in [0.5, 0.6) is 0 Å². The molecule has 8 heteroatoms. The Morgan fingerprint density at radius 3 is 2.55 bits per heavy atom. The van der Waals surface area contributed by atoms with Crippen LogP contribution in [0.4, 0.5) is 11.4 Å². The van der Waals surface area contributed by atoms with Gasteiger partial charge in [0.25, 0.3) is 0 Å². The van der Waals surface area contributed by atoms with Crippen molar-refractivity contribution in [3.05, 3.63) is 76.5 Å². The van der Waals surface area contributed by atoms with Gasteiger partial charge in [0.15, 0.2) is 5.69 Å². The van der Waals surface area contributed by atoms with Gasteiger partial charge in [-0.05, 0) is 35.9 Å². The highest BCUT2D eigenvalue weighted by atomic mass is 79.9. The van der Waals surface area contributed by atoms with Gasteiger partial charge in [-0.25, -0.2) is 9.48 Å². The summed E-state index contributed by atoms with van der Waals surface area (Å²) in [6.07, 6.45) is 5.09. The molecule has 0 aliphatic rings. The first-order valence-corrected chi connectivity index (χ1v) is 9.54. The number of carbonyl (C=O) groups is 2. The van der Waals surface area contributed by atoms with Crippen LogP contribution in [-0.2, 0) is 9.53 Å². The maximum Gasteiger partial charge on any atom is 0.360 e. The highest BCUT2D eigenvalue weighted by Gasteiger charge is 2.18. The molecule has 3 aromatic rings. The maximum absolute atomic E-state index is 12.3. The van der Waals surface area contributed by atoms with E-state index in [0.717, 1.165) is 15.7 Å². The summed E-state index contributed by atoms with van der Waals surface area (Å²) in [6.45, 7) is 0.0350. The molecule has 0 atom stereocenters. The van der Waals surface area contributed by atoms with Crippen molar-refractivity contribution in [2.75, 3.05) is 24.3 Å². The van der Waals surface area contributed by atoms with Crippen LogP contribution in [0.15, 0.2) is 65.3 Å². The van der Waals surface area contributed by atoms with Gasteiger partial charge in [0.05, 0.1) is 25.5 Å². The lowest BCUT2D eigenvalue weighted by Gasteiger charge is -2.07. The number of ether oxygens (including phenoxy) is 1. The van der Waals surface area contributed by atoms with E-state index in [2.05, 4.69) is 31.7 Å². The minimum atomic E-state index is -0.631. The number of amides is 1. The molecule has 0 fully saturated rings. The molecular formula is C21H19BrN4O3. The number of aromatic nitrogens is 2. The lowest BCUT2D eigenvalue weighted by Crippen LogP contribution is -2.22. The van der Waals surface area contributed by atoms with E-state index in [-0.39, 0.29) is 23.8 Å². The zero-order valence-electron chi connectivity index (χ0n) is 15.6. The van der Waals surface area contributed by atoms with E-state index in [9.17, 15) is 9.59 Å². The van der Waals surface area contributed by atoms with E-state index >= 15 is 0 Å². The van der Waals surface area contributed by atoms with E-state index < -0.39 is 5.97 Å². The van der Waals surface area contributed by atoms with Gasteiger partial charge >= 0.3 is 5.97 Å². The molecule has 0 unspecified atom stereocenters. The minimum absolute atomic E-state index is 0.0298. The molecule has 0 radical (unpaired) electrons. The predicted octanol–water partition coefficient (Wildman–Crippen LogP) is 4.11. The number of benzene rings is 2. The first kappa shape index (κ1) is 20.3. The Kier molecular flexibility index (Phi) is 6.80. The molecule has 1 heterocycles. The van der Waals surface area contributed by atoms with Gasteiger partial charge in [-0.1, -0.05) is 46.3 Å². The number of rotatable bonds is 7. The van der Waals surface area contributed by atoms with Crippen molar-refractivity contribution in [2.45, 2.75) is 0 Å². The second-order valence-corrected chi connectivity index (χ2v) is 6.91. The lowest BCUT2D eigenvalue weighted by atomic mass is 10.2. The Bertz CT molecular complexity index is 1010. The summed E-state index contributed by atoms with van der Waals surface area (Å²) < 4.78 is 7.17. The third-order valence-corrected chi connectivity index (χ3v) is 4.43. The van der Waals surface area contributed by atoms with E-state index in [1.165, 1.54) is 11.8 Å². The summed E-state index contributed by atoms with van der Waals surface area (Å²) in [5, 5.41) is 9.91. The zero-order chi connectivity index (χ0) is 20.6. The van der Waals surface area contributed by atoms with Crippen LogP contribution < -0.4 is 10.6 Å². The van der Waals surface area contributed by atoms with Crippen LogP contribution in [0.3, 0.4) is 0 Å². The second-order valence-electron chi connectivity index (χ2n) is 6.00. The van der Waals surface area contributed by atoms with Gasteiger partial charge < -0.3 is 15.4 Å². The number of halogens is 1. The fraction of sp³-hybridized carbons (Fsp3) is 0.0952. The molecule has 1 aromatic heterocycles. The van der Waals surface area contributed by atoms with Crippen molar-refractivity contribution in [3.8, 4) is 0 Å². The quantitative estimate of drug-likeness (QED) is 0.524. The number of methoxy groups -OCH3 is 1. The number of nitrogens with zero attached hydrogens (tertiary/aromatic N) is 2. The normalized spacial score (nSPS) is 10.7. The molecular weight excluding hydrogens is 436 g/mol. The van der Waals surface area contributed by atoms with E-state index in [1.54, 1.807) is 12.4 Å². The molecule has 3 rings (SSSR count). The highest BCUT2D eigenvalue weighted by Crippen LogP contribution is 2.17. The number of hydrogen-bond donors (Lipinski definition) is 2. The van der Waals surface area contributed by atoms with Crippen LogP contribution in [0.25, 0.3) is 12.3 Å². The molecule has 0 saturated carbocycles. The summed E-state index contributed by atoms with van der Waals surface area (Å²) in [4.78, 5) is 24.3. The average Bonchev–Trinajstić information content (AvgIpc) is 3.14. The molecule has 0 aliphatic carbocycles. The Labute approximate surface area is 176 Å². The Morgan fingerprint density at radius 2 is 1.86 bits per heavy atom. The lowest BCUT2D eigenvalue weighted by molar-refractivity contribution is -0.114. The fourth-order valence-electron chi connectivity index (χ4n) is 2.48. The molecule has 148 valence electrons. The molecule has 2 N–H and O–H groups in total. The predicted molar refractivity (Wildman–Crippen MR) is 116 cm³/mol. The van der Waals surface area contributed by atoms with Crippen LogP contribution in [0.1, 0.15) is 16.1 Å². The summed E-state index contributed by atoms with van der Waals surface area (Å²) in [7, 11) is 1.27. The molecule has 0 spiro atoms. The number of esters is 1. The minimum Gasteiger partial charge on any atom is -0.464 e. The van der Waals surface area contributed by atoms with Crippen molar-refractivity contribution in [1.29, 1.82) is 0 Å². The van der Waals surface area contributed by atoms with Gasteiger partial charge in [-0.15, -0.1) is 0 Å². The third kappa shape index (κ3) is 5.79. The van der Waals surface area contributed by atoms with Crippen LogP contribution in [-0.4, -0.2) is 35.3 Å². The van der Waals surface area contributed by atoms with E-state index in [0.29, 0.717) is 0 Å². The molecule has 0 bridgehead atoms. The zero-order valence-corrected chi connectivity index (χ0v) is 17.2. The summed E-state index contributed by atoms with van der Waals surface area (Å²) in [6, 6.07) is 17.1. The van der Waals surface area contributed by atoms with Gasteiger partial charge in [0, 0.05) is 16.4 Å². The van der Waals surface area contributed by atoms with E-state index in [4.69, 9.17) is 4.74 Å². The Hall–Kier alpha value is -3.39. The molecule has 2 aromatic carbocycles.